The molecule has 2 rings (SSSR count). The van der Waals surface area contributed by atoms with Crippen LogP contribution in [0.15, 0.2) is 53.4 Å². The van der Waals surface area contributed by atoms with E-state index in [-0.39, 0.29) is 11.8 Å². The van der Waals surface area contributed by atoms with E-state index in [0.29, 0.717) is 35.0 Å². The number of rotatable bonds is 8. The van der Waals surface area contributed by atoms with E-state index in [1.165, 1.54) is 0 Å². The predicted octanol–water partition coefficient (Wildman–Crippen LogP) is 4.60. The van der Waals surface area contributed by atoms with Crippen molar-refractivity contribution in [2.75, 3.05) is 17.6 Å². The first kappa shape index (κ1) is 19.3. The number of amides is 2. The van der Waals surface area contributed by atoms with Crippen LogP contribution >= 0.6 is 23.4 Å². The van der Waals surface area contributed by atoms with Gasteiger partial charge in [-0.3, -0.25) is 9.59 Å². The summed E-state index contributed by atoms with van der Waals surface area (Å²) in [6.07, 6.45) is 1.27. The second-order valence-corrected chi connectivity index (χ2v) is 7.04. The standard InChI is InChI=1S/C19H21ClN2O2S/c1-2-11-21-19(24)14-4-3-5-16(13-14)22-18(23)10-12-25-17-8-6-15(20)7-9-17/h3-9,13H,2,10-12H2,1H3,(H,21,24)(H,22,23). The van der Waals surface area contributed by atoms with Gasteiger partial charge in [-0.15, -0.1) is 11.8 Å². The van der Waals surface area contributed by atoms with Gasteiger partial charge in [-0.2, -0.15) is 0 Å². The third-order valence-corrected chi connectivity index (χ3v) is 4.62. The van der Waals surface area contributed by atoms with Gasteiger partial charge in [-0.1, -0.05) is 24.6 Å². The average Bonchev–Trinajstić information content (AvgIpc) is 2.61. The Morgan fingerprint density at radius 3 is 2.60 bits per heavy atom. The topological polar surface area (TPSA) is 58.2 Å². The van der Waals surface area contributed by atoms with Gasteiger partial charge in [0.2, 0.25) is 5.91 Å². The minimum atomic E-state index is -0.128. The Labute approximate surface area is 157 Å². The van der Waals surface area contributed by atoms with E-state index in [4.69, 9.17) is 11.6 Å². The summed E-state index contributed by atoms with van der Waals surface area (Å²) in [5, 5.41) is 6.36. The monoisotopic (exact) mass is 376 g/mol. The van der Waals surface area contributed by atoms with Crippen molar-refractivity contribution in [3.8, 4) is 0 Å². The molecule has 2 N–H and O–H groups in total. The maximum atomic E-state index is 12.1. The molecule has 0 unspecified atom stereocenters. The Morgan fingerprint density at radius 1 is 1.12 bits per heavy atom. The molecule has 0 atom stereocenters. The Kier molecular flexibility index (Phi) is 7.82. The first-order chi connectivity index (χ1) is 12.1. The van der Waals surface area contributed by atoms with Crippen molar-refractivity contribution in [3.05, 3.63) is 59.1 Å². The third-order valence-electron chi connectivity index (χ3n) is 3.36. The van der Waals surface area contributed by atoms with Crippen molar-refractivity contribution in [2.24, 2.45) is 0 Å². The van der Waals surface area contributed by atoms with Crippen LogP contribution in [0.1, 0.15) is 30.1 Å². The predicted molar refractivity (Wildman–Crippen MR) is 104 cm³/mol. The fourth-order valence-electron chi connectivity index (χ4n) is 2.09. The van der Waals surface area contributed by atoms with Crippen molar-refractivity contribution >= 4 is 40.9 Å². The molecule has 0 saturated heterocycles. The molecule has 25 heavy (non-hydrogen) atoms. The molecule has 0 aliphatic heterocycles. The summed E-state index contributed by atoms with van der Waals surface area (Å²) in [5.74, 6) is 0.466. The summed E-state index contributed by atoms with van der Waals surface area (Å²) >= 11 is 7.45. The SMILES string of the molecule is CCCNC(=O)c1cccc(NC(=O)CCSc2ccc(Cl)cc2)c1. The first-order valence-corrected chi connectivity index (χ1v) is 9.51. The van der Waals surface area contributed by atoms with Crippen LogP contribution in [0.3, 0.4) is 0 Å². The summed E-state index contributed by atoms with van der Waals surface area (Å²) in [5.41, 5.74) is 1.17. The maximum absolute atomic E-state index is 12.1. The zero-order valence-corrected chi connectivity index (χ0v) is 15.6. The van der Waals surface area contributed by atoms with Crippen LogP contribution in [-0.2, 0) is 4.79 Å². The smallest absolute Gasteiger partial charge is 0.251 e. The van der Waals surface area contributed by atoms with Gasteiger partial charge in [0.05, 0.1) is 0 Å². The number of hydrogen-bond donors (Lipinski definition) is 2. The van der Waals surface area contributed by atoms with Crippen molar-refractivity contribution in [3.63, 3.8) is 0 Å². The molecule has 0 heterocycles. The summed E-state index contributed by atoms with van der Waals surface area (Å²) in [4.78, 5) is 25.1. The van der Waals surface area contributed by atoms with E-state index < -0.39 is 0 Å². The molecular formula is C19H21ClN2O2S. The Hall–Kier alpha value is -1.98. The average molecular weight is 377 g/mol. The molecule has 0 aromatic heterocycles. The van der Waals surface area contributed by atoms with Gasteiger partial charge in [0.15, 0.2) is 0 Å². The lowest BCUT2D eigenvalue weighted by molar-refractivity contribution is -0.115. The van der Waals surface area contributed by atoms with E-state index >= 15 is 0 Å². The summed E-state index contributed by atoms with van der Waals surface area (Å²) < 4.78 is 0. The van der Waals surface area contributed by atoms with Crippen LogP contribution in [-0.4, -0.2) is 24.1 Å². The van der Waals surface area contributed by atoms with E-state index in [0.717, 1.165) is 11.3 Å². The summed E-state index contributed by atoms with van der Waals surface area (Å²) in [7, 11) is 0. The normalized spacial score (nSPS) is 10.3. The number of thioether (sulfide) groups is 1. The number of anilines is 1. The van der Waals surface area contributed by atoms with Crippen molar-refractivity contribution in [2.45, 2.75) is 24.7 Å². The number of carbonyl (C=O) groups is 2. The fraction of sp³-hybridized carbons (Fsp3) is 0.263. The molecule has 0 aliphatic rings. The van der Waals surface area contributed by atoms with Crippen LogP contribution in [0.2, 0.25) is 5.02 Å². The van der Waals surface area contributed by atoms with E-state index in [9.17, 15) is 9.59 Å². The lowest BCUT2D eigenvalue weighted by Gasteiger charge is -2.08. The molecule has 0 bridgehead atoms. The lowest BCUT2D eigenvalue weighted by Crippen LogP contribution is -2.24. The lowest BCUT2D eigenvalue weighted by atomic mass is 10.2. The minimum absolute atomic E-state index is 0.0763. The largest absolute Gasteiger partial charge is 0.352 e. The van der Waals surface area contributed by atoms with Gasteiger partial charge >= 0.3 is 0 Å². The van der Waals surface area contributed by atoms with E-state index in [2.05, 4.69) is 10.6 Å². The molecule has 0 fully saturated rings. The van der Waals surface area contributed by atoms with Crippen LogP contribution in [0.25, 0.3) is 0 Å². The van der Waals surface area contributed by atoms with Gasteiger partial charge in [0, 0.05) is 39.9 Å². The first-order valence-electron chi connectivity index (χ1n) is 8.15. The third kappa shape index (κ3) is 6.80. The van der Waals surface area contributed by atoms with Crippen molar-refractivity contribution in [1.82, 2.24) is 5.32 Å². The molecule has 0 aliphatic carbocycles. The molecule has 6 heteroatoms. The van der Waals surface area contributed by atoms with Crippen molar-refractivity contribution < 1.29 is 9.59 Å². The van der Waals surface area contributed by atoms with Crippen LogP contribution in [0.5, 0.6) is 0 Å². The van der Waals surface area contributed by atoms with Crippen LogP contribution in [0.4, 0.5) is 5.69 Å². The summed E-state index contributed by atoms with van der Waals surface area (Å²) in [6, 6.07) is 14.5. The van der Waals surface area contributed by atoms with Gasteiger partial charge in [0.1, 0.15) is 0 Å². The Balaban J connectivity index is 1.81. The number of halogens is 1. The van der Waals surface area contributed by atoms with E-state index in [1.54, 1.807) is 36.0 Å². The molecular weight excluding hydrogens is 356 g/mol. The van der Waals surface area contributed by atoms with Crippen LogP contribution in [0, 0.1) is 0 Å². The molecule has 132 valence electrons. The van der Waals surface area contributed by atoms with Crippen LogP contribution < -0.4 is 10.6 Å². The highest BCUT2D eigenvalue weighted by Crippen LogP contribution is 2.21. The zero-order chi connectivity index (χ0) is 18.1. The quantitative estimate of drug-likeness (QED) is 0.662. The molecule has 4 nitrogen and oxygen atoms in total. The number of carbonyl (C=O) groups excluding carboxylic acids is 2. The Bertz CT molecular complexity index is 720. The second-order valence-electron chi connectivity index (χ2n) is 5.44. The zero-order valence-electron chi connectivity index (χ0n) is 14.0. The molecule has 2 aromatic rings. The highest BCUT2D eigenvalue weighted by atomic mass is 35.5. The Morgan fingerprint density at radius 2 is 1.88 bits per heavy atom. The highest BCUT2D eigenvalue weighted by Gasteiger charge is 2.07. The van der Waals surface area contributed by atoms with E-state index in [1.807, 2.05) is 31.2 Å². The fourth-order valence-corrected chi connectivity index (χ4v) is 3.07. The number of nitrogens with one attached hydrogen (secondary N) is 2. The molecule has 2 aromatic carbocycles. The molecule has 0 radical (unpaired) electrons. The number of benzene rings is 2. The second kappa shape index (κ2) is 10.1. The van der Waals surface area contributed by atoms with Gasteiger partial charge in [0.25, 0.3) is 5.91 Å². The van der Waals surface area contributed by atoms with Gasteiger partial charge in [-0.05, 0) is 48.9 Å². The molecule has 0 saturated carbocycles. The highest BCUT2D eigenvalue weighted by molar-refractivity contribution is 7.99. The molecule has 0 spiro atoms. The minimum Gasteiger partial charge on any atom is -0.352 e. The van der Waals surface area contributed by atoms with Gasteiger partial charge in [-0.25, -0.2) is 0 Å². The maximum Gasteiger partial charge on any atom is 0.251 e. The molecule has 2 amide bonds. The van der Waals surface area contributed by atoms with Gasteiger partial charge < -0.3 is 10.6 Å². The van der Waals surface area contributed by atoms with Crippen molar-refractivity contribution in [1.29, 1.82) is 0 Å². The summed E-state index contributed by atoms with van der Waals surface area (Å²) in [6.45, 7) is 2.64. The number of hydrogen-bond acceptors (Lipinski definition) is 3.